The van der Waals surface area contributed by atoms with E-state index in [0.29, 0.717) is 38.3 Å². The number of ether oxygens (including phenoxy) is 2. The molecule has 0 saturated heterocycles. The maximum atomic E-state index is 14.6. The van der Waals surface area contributed by atoms with E-state index >= 15 is 0 Å². The normalized spacial score (nSPS) is 15.2. The predicted molar refractivity (Wildman–Crippen MR) is 199 cm³/mol. The minimum atomic E-state index is -0.532. The number of hydrogen-bond acceptors (Lipinski definition) is 9. The average molecular weight is 707 g/mol. The van der Waals surface area contributed by atoms with Crippen LogP contribution < -0.4 is 30.0 Å². The molecule has 1 unspecified atom stereocenters. The van der Waals surface area contributed by atoms with Gasteiger partial charge in [0, 0.05) is 22.7 Å². The van der Waals surface area contributed by atoms with E-state index in [1.807, 2.05) is 79.0 Å². The smallest absolute Gasteiger partial charge is 0.345 e. The summed E-state index contributed by atoms with van der Waals surface area (Å²) >= 11 is 1.26. The lowest BCUT2D eigenvalue weighted by molar-refractivity contribution is 0.372. The van der Waals surface area contributed by atoms with E-state index in [0.717, 1.165) is 51.2 Å². The highest BCUT2D eigenvalue weighted by Crippen LogP contribution is 2.43. The molecule has 10 nitrogen and oxygen atoms in total. The Kier molecular flexibility index (Phi) is 7.51. The van der Waals surface area contributed by atoms with Crippen molar-refractivity contribution in [3.8, 4) is 34.2 Å². The highest BCUT2D eigenvalue weighted by atomic mass is 32.1. The molecule has 3 aromatic heterocycles. The van der Waals surface area contributed by atoms with Gasteiger partial charge in [0.05, 0.1) is 41.7 Å². The lowest BCUT2D eigenvalue weighted by Gasteiger charge is -2.31. The molecule has 0 radical (unpaired) electrons. The third-order valence-electron chi connectivity index (χ3n) is 9.63. The molecule has 9 rings (SSSR count). The summed E-state index contributed by atoms with van der Waals surface area (Å²) in [7, 11) is 3.15. The Hall–Kier alpha value is -6.46. The van der Waals surface area contributed by atoms with Gasteiger partial charge in [-0.1, -0.05) is 53.8 Å². The number of hydrogen-bond donors (Lipinski definition) is 1. The van der Waals surface area contributed by atoms with Gasteiger partial charge in [-0.15, -0.1) is 0 Å². The number of thiazole rings is 1. The standard InChI is InChI=1S/C41H30N4O6S/c1-49-28-14-16-29-23(18-28)12-15-30-37(29)42-41-45(38(30)25-13-17-34(50-2)32(46)20-25)39(47)35(52-41)21-26-22-44(27-9-4-3-5-10-27)43-36(26)31-19-24-8-6-7-11-33(24)51-40(31)48/h3-11,13-14,16-22,38,46H,12,15H2,1-2H3. The van der Waals surface area contributed by atoms with Crippen LogP contribution in [0.25, 0.3) is 39.7 Å². The summed E-state index contributed by atoms with van der Waals surface area (Å²) in [5, 5.41) is 16.5. The summed E-state index contributed by atoms with van der Waals surface area (Å²) in [5.74, 6) is 1.09. The van der Waals surface area contributed by atoms with Gasteiger partial charge in [0.2, 0.25) is 0 Å². The molecule has 11 heteroatoms. The van der Waals surface area contributed by atoms with Gasteiger partial charge in [-0.25, -0.2) is 14.5 Å². The number of benzene rings is 4. The van der Waals surface area contributed by atoms with E-state index in [4.69, 9.17) is 24.0 Å². The van der Waals surface area contributed by atoms with E-state index in [9.17, 15) is 14.7 Å². The quantitative estimate of drug-likeness (QED) is 0.211. The fourth-order valence-electron chi connectivity index (χ4n) is 7.15. The van der Waals surface area contributed by atoms with Crippen LogP contribution in [-0.4, -0.2) is 33.7 Å². The Morgan fingerprint density at radius 1 is 0.904 bits per heavy atom. The van der Waals surface area contributed by atoms with Crippen LogP contribution in [0.15, 0.2) is 128 Å². The van der Waals surface area contributed by atoms with Crippen molar-refractivity contribution in [2.45, 2.75) is 18.9 Å². The van der Waals surface area contributed by atoms with Gasteiger partial charge >= 0.3 is 5.63 Å². The highest BCUT2D eigenvalue weighted by molar-refractivity contribution is 7.07. The van der Waals surface area contributed by atoms with Crippen LogP contribution in [0.4, 0.5) is 0 Å². The van der Waals surface area contributed by atoms with E-state index in [-0.39, 0.29) is 16.9 Å². The molecule has 4 heterocycles. The highest BCUT2D eigenvalue weighted by Gasteiger charge is 2.33. The molecule has 1 N–H and O–H groups in total. The van der Waals surface area contributed by atoms with Crippen LogP contribution in [0, 0.1) is 0 Å². The molecule has 52 heavy (non-hydrogen) atoms. The Labute approximate surface area is 300 Å². The van der Waals surface area contributed by atoms with Crippen LogP contribution in [0.5, 0.6) is 17.2 Å². The first-order chi connectivity index (χ1) is 25.4. The van der Waals surface area contributed by atoms with Crippen molar-refractivity contribution in [3.05, 3.63) is 161 Å². The average Bonchev–Trinajstić information content (AvgIpc) is 3.73. The van der Waals surface area contributed by atoms with Crippen molar-refractivity contribution >= 4 is 34.1 Å². The van der Waals surface area contributed by atoms with Crippen molar-refractivity contribution in [2.75, 3.05) is 14.2 Å². The summed E-state index contributed by atoms with van der Waals surface area (Å²) in [6.07, 6.45) is 4.97. The number of para-hydroxylation sites is 2. The number of phenols is 1. The molecule has 0 fully saturated rings. The molecule has 4 aromatic carbocycles. The Bertz CT molecular complexity index is 2850. The fraction of sp³-hybridized carbons (Fsp3) is 0.122. The fourth-order valence-corrected chi connectivity index (χ4v) is 8.14. The van der Waals surface area contributed by atoms with E-state index in [1.54, 1.807) is 46.7 Å². The summed E-state index contributed by atoms with van der Waals surface area (Å²) in [4.78, 5) is 33.7. The second-order valence-corrected chi connectivity index (χ2v) is 13.6. The van der Waals surface area contributed by atoms with Gasteiger partial charge in [-0.05, 0) is 90.2 Å². The Morgan fingerprint density at radius 3 is 2.54 bits per heavy atom. The minimum absolute atomic E-state index is 0.0191. The predicted octanol–water partition coefficient (Wildman–Crippen LogP) is 6.00. The van der Waals surface area contributed by atoms with E-state index < -0.39 is 11.7 Å². The molecule has 256 valence electrons. The van der Waals surface area contributed by atoms with Crippen molar-refractivity contribution in [1.82, 2.24) is 14.3 Å². The van der Waals surface area contributed by atoms with Crippen LogP contribution in [0.1, 0.15) is 34.7 Å². The molecule has 1 aliphatic carbocycles. The lowest BCUT2D eigenvalue weighted by Crippen LogP contribution is -2.38. The first-order valence-electron chi connectivity index (χ1n) is 16.7. The number of fused-ring (bicyclic) bond motifs is 4. The molecule has 1 aliphatic heterocycles. The zero-order chi connectivity index (χ0) is 35.5. The van der Waals surface area contributed by atoms with E-state index in [2.05, 4.69) is 0 Å². The van der Waals surface area contributed by atoms with Crippen LogP contribution in [0.3, 0.4) is 0 Å². The summed E-state index contributed by atoms with van der Waals surface area (Å²) in [6, 6.07) is 29.3. The minimum Gasteiger partial charge on any atom is -0.504 e. The van der Waals surface area contributed by atoms with Crippen LogP contribution in [-0.2, 0) is 6.42 Å². The van der Waals surface area contributed by atoms with Gasteiger partial charge in [-0.3, -0.25) is 9.36 Å². The molecule has 0 bridgehead atoms. The van der Waals surface area contributed by atoms with Crippen molar-refractivity contribution in [2.24, 2.45) is 4.99 Å². The van der Waals surface area contributed by atoms with Crippen molar-refractivity contribution in [3.63, 3.8) is 0 Å². The number of allylic oxidation sites excluding steroid dienone is 1. The first-order valence-corrected chi connectivity index (χ1v) is 17.5. The van der Waals surface area contributed by atoms with Crippen molar-refractivity contribution < 1.29 is 19.0 Å². The summed E-state index contributed by atoms with van der Waals surface area (Å²) in [6.45, 7) is 0. The number of aryl methyl sites for hydroxylation is 1. The molecule has 0 amide bonds. The third kappa shape index (κ3) is 5.16. The summed E-state index contributed by atoms with van der Waals surface area (Å²) < 4.78 is 20.4. The molecule has 0 spiro atoms. The van der Waals surface area contributed by atoms with E-state index in [1.165, 1.54) is 18.4 Å². The Balaban J connectivity index is 1.28. The molecule has 1 atom stereocenters. The van der Waals surface area contributed by atoms with Gasteiger partial charge in [0.15, 0.2) is 16.3 Å². The lowest BCUT2D eigenvalue weighted by atomic mass is 9.83. The molecule has 7 aromatic rings. The Morgan fingerprint density at radius 2 is 1.73 bits per heavy atom. The number of aromatic nitrogens is 3. The second kappa shape index (κ2) is 12.4. The van der Waals surface area contributed by atoms with Gasteiger partial charge in [0.25, 0.3) is 5.56 Å². The van der Waals surface area contributed by atoms with Gasteiger partial charge < -0.3 is 19.0 Å². The van der Waals surface area contributed by atoms with Crippen LogP contribution >= 0.6 is 11.3 Å². The number of nitrogens with zero attached hydrogens (tertiary/aromatic N) is 4. The number of phenolic OH excluding ortho intramolecular Hbond substituents is 1. The number of rotatable bonds is 6. The van der Waals surface area contributed by atoms with Gasteiger partial charge in [0.1, 0.15) is 17.0 Å². The SMILES string of the molecule is COc1ccc2c(c1)CCC1=C2N=c2sc(=Cc3cn(-c4ccccc4)nc3-c3cc4ccccc4oc3=O)c(=O)n2C1c1ccc(OC)c(O)c1. The summed E-state index contributed by atoms with van der Waals surface area (Å²) in [5.41, 5.74) is 6.33. The molecular formula is C41H30N4O6S. The third-order valence-corrected chi connectivity index (χ3v) is 10.6. The topological polar surface area (TPSA) is 121 Å². The number of methoxy groups -OCH3 is 2. The number of aromatic hydroxyl groups is 1. The van der Waals surface area contributed by atoms with Crippen molar-refractivity contribution in [1.29, 1.82) is 0 Å². The maximum Gasteiger partial charge on any atom is 0.345 e. The second-order valence-electron chi connectivity index (χ2n) is 12.6. The largest absolute Gasteiger partial charge is 0.504 e. The first kappa shape index (κ1) is 31.5. The zero-order valence-corrected chi connectivity index (χ0v) is 28.9. The molecule has 2 aliphatic rings. The zero-order valence-electron chi connectivity index (χ0n) is 28.1. The monoisotopic (exact) mass is 706 g/mol. The molecular weight excluding hydrogens is 677 g/mol. The van der Waals surface area contributed by atoms with Gasteiger partial charge in [-0.2, -0.15) is 5.10 Å². The van der Waals surface area contributed by atoms with Crippen LogP contribution in [0.2, 0.25) is 0 Å². The molecule has 0 saturated carbocycles. The maximum absolute atomic E-state index is 14.6.